The summed E-state index contributed by atoms with van der Waals surface area (Å²) in [6, 6.07) is 6.06. The molecule has 1 fully saturated rings. The lowest BCUT2D eigenvalue weighted by Crippen LogP contribution is -1.89. The number of fused-ring (bicyclic) bond motifs is 1. The van der Waals surface area contributed by atoms with E-state index in [4.69, 9.17) is 0 Å². The van der Waals surface area contributed by atoms with Crippen LogP contribution in [0.2, 0.25) is 0 Å². The van der Waals surface area contributed by atoms with Crippen LogP contribution in [0.15, 0.2) is 18.2 Å². The Labute approximate surface area is 92.6 Å². The van der Waals surface area contributed by atoms with E-state index in [2.05, 4.69) is 11.1 Å². The van der Waals surface area contributed by atoms with Crippen molar-refractivity contribution in [1.29, 1.82) is 0 Å². The monoisotopic (exact) mass is 219 g/mol. The SMILES string of the molecule is CC(O)c1ccc2sc(C3CC3)nc2c1. The Hall–Kier alpha value is -0.930. The number of rotatable bonds is 2. The number of benzene rings is 1. The molecule has 1 aliphatic carbocycles. The van der Waals surface area contributed by atoms with Crippen LogP contribution in [0.3, 0.4) is 0 Å². The van der Waals surface area contributed by atoms with Crippen LogP contribution >= 0.6 is 11.3 Å². The molecule has 0 saturated heterocycles. The lowest BCUT2D eigenvalue weighted by molar-refractivity contribution is 0.199. The van der Waals surface area contributed by atoms with Gasteiger partial charge in [-0.15, -0.1) is 11.3 Å². The molecule has 3 rings (SSSR count). The third-order valence-corrected chi connectivity index (χ3v) is 4.04. The van der Waals surface area contributed by atoms with Crippen molar-refractivity contribution in [2.24, 2.45) is 0 Å². The molecule has 1 aliphatic rings. The Balaban J connectivity index is 2.09. The van der Waals surface area contributed by atoms with Crippen LogP contribution in [-0.4, -0.2) is 10.1 Å². The first-order valence-corrected chi connectivity index (χ1v) is 6.14. The Kier molecular flexibility index (Phi) is 2.04. The molecule has 0 radical (unpaired) electrons. The van der Waals surface area contributed by atoms with Gasteiger partial charge in [0.05, 0.1) is 21.3 Å². The summed E-state index contributed by atoms with van der Waals surface area (Å²) < 4.78 is 1.24. The zero-order chi connectivity index (χ0) is 10.4. The van der Waals surface area contributed by atoms with Gasteiger partial charge < -0.3 is 5.11 Å². The summed E-state index contributed by atoms with van der Waals surface area (Å²) >= 11 is 1.80. The van der Waals surface area contributed by atoms with Crippen LogP contribution < -0.4 is 0 Å². The van der Waals surface area contributed by atoms with Crippen LogP contribution in [0, 0.1) is 0 Å². The van der Waals surface area contributed by atoms with E-state index in [0.717, 1.165) is 17.0 Å². The van der Waals surface area contributed by atoms with Gasteiger partial charge in [-0.1, -0.05) is 6.07 Å². The van der Waals surface area contributed by atoms with E-state index in [1.165, 1.54) is 22.5 Å². The summed E-state index contributed by atoms with van der Waals surface area (Å²) in [5, 5.41) is 10.8. The van der Waals surface area contributed by atoms with Crippen LogP contribution in [0.25, 0.3) is 10.2 Å². The van der Waals surface area contributed by atoms with Crippen LogP contribution in [-0.2, 0) is 0 Å². The van der Waals surface area contributed by atoms with Crippen molar-refractivity contribution >= 4 is 21.6 Å². The fraction of sp³-hybridized carbons (Fsp3) is 0.417. The second-order valence-electron chi connectivity index (χ2n) is 4.23. The van der Waals surface area contributed by atoms with Gasteiger partial charge in [0.1, 0.15) is 0 Å². The van der Waals surface area contributed by atoms with Crippen molar-refractivity contribution in [3.63, 3.8) is 0 Å². The molecule has 2 aromatic rings. The van der Waals surface area contributed by atoms with Gasteiger partial charge in [0.2, 0.25) is 0 Å². The number of hydrogen-bond acceptors (Lipinski definition) is 3. The molecule has 3 heteroatoms. The van der Waals surface area contributed by atoms with Gasteiger partial charge in [0.15, 0.2) is 0 Å². The van der Waals surface area contributed by atoms with Gasteiger partial charge >= 0.3 is 0 Å². The van der Waals surface area contributed by atoms with Gasteiger partial charge in [0.25, 0.3) is 0 Å². The van der Waals surface area contributed by atoms with Crippen molar-refractivity contribution in [3.8, 4) is 0 Å². The zero-order valence-electron chi connectivity index (χ0n) is 8.60. The summed E-state index contributed by atoms with van der Waals surface area (Å²) in [5.74, 6) is 0.720. The lowest BCUT2D eigenvalue weighted by atomic mass is 10.1. The van der Waals surface area contributed by atoms with E-state index in [0.29, 0.717) is 0 Å². The topological polar surface area (TPSA) is 33.1 Å². The largest absolute Gasteiger partial charge is 0.389 e. The Morgan fingerprint density at radius 3 is 2.93 bits per heavy atom. The van der Waals surface area contributed by atoms with Crippen molar-refractivity contribution in [2.45, 2.75) is 31.8 Å². The van der Waals surface area contributed by atoms with Gasteiger partial charge in [-0.2, -0.15) is 0 Å². The maximum Gasteiger partial charge on any atom is 0.0969 e. The first-order chi connectivity index (χ1) is 7.24. The molecular weight excluding hydrogens is 206 g/mol. The molecule has 1 aromatic heterocycles. The highest BCUT2D eigenvalue weighted by atomic mass is 32.1. The molecule has 1 heterocycles. The molecule has 0 spiro atoms. The van der Waals surface area contributed by atoms with Crippen LogP contribution in [0.1, 0.15) is 42.4 Å². The lowest BCUT2D eigenvalue weighted by Gasteiger charge is -2.02. The minimum atomic E-state index is -0.402. The highest BCUT2D eigenvalue weighted by molar-refractivity contribution is 7.18. The average Bonchev–Trinajstić information content (AvgIpc) is 2.97. The predicted octanol–water partition coefficient (Wildman–Crippen LogP) is 3.23. The molecule has 2 nitrogen and oxygen atoms in total. The summed E-state index contributed by atoms with van der Waals surface area (Å²) in [4.78, 5) is 4.63. The van der Waals surface area contributed by atoms with Gasteiger partial charge in [-0.05, 0) is 37.5 Å². The highest BCUT2D eigenvalue weighted by Gasteiger charge is 2.26. The minimum Gasteiger partial charge on any atom is -0.389 e. The second-order valence-corrected chi connectivity index (χ2v) is 5.29. The molecule has 1 atom stereocenters. The van der Waals surface area contributed by atoms with Crippen LogP contribution in [0.5, 0.6) is 0 Å². The minimum absolute atomic E-state index is 0.402. The van der Waals surface area contributed by atoms with Gasteiger partial charge in [0, 0.05) is 5.92 Å². The first-order valence-electron chi connectivity index (χ1n) is 5.32. The zero-order valence-corrected chi connectivity index (χ0v) is 9.42. The fourth-order valence-corrected chi connectivity index (χ4v) is 2.84. The number of aliphatic hydroxyl groups is 1. The van der Waals surface area contributed by atoms with Crippen molar-refractivity contribution in [1.82, 2.24) is 4.98 Å². The maximum atomic E-state index is 9.49. The normalized spacial score (nSPS) is 18.3. The number of nitrogens with zero attached hydrogens (tertiary/aromatic N) is 1. The quantitative estimate of drug-likeness (QED) is 0.841. The summed E-state index contributed by atoms with van der Waals surface area (Å²) in [6.07, 6.45) is 2.19. The standard InChI is InChI=1S/C12H13NOS/c1-7(14)9-4-5-11-10(6-9)13-12(15-11)8-2-3-8/h4-8,14H,2-3H2,1H3. The molecule has 1 saturated carbocycles. The van der Waals surface area contributed by atoms with E-state index in [9.17, 15) is 5.11 Å². The third-order valence-electron chi connectivity index (χ3n) is 2.84. The molecule has 1 unspecified atom stereocenters. The van der Waals surface area contributed by atoms with Gasteiger partial charge in [-0.3, -0.25) is 0 Å². The Bertz CT molecular complexity index is 499. The Morgan fingerprint density at radius 1 is 1.47 bits per heavy atom. The van der Waals surface area contributed by atoms with E-state index in [-0.39, 0.29) is 0 Å². The molecule has 1 N–H and O–H groups in total. The predicted molar refractivity (Wildman–Crippen MR) is 62.2 cm³/mol. The number of aliphatic hydroxyl groups excluding tert-OH is 1. The van der Waals surface area contributed by atoms with Crippen molar-refractivity contribution < 1.29 is 5.11 Å². The van der Waals surface area contributed by atoms with E-state index >= 15 is 0 Å². The van der Waals surface area contributed by atoms with Gasteiger partial charge in [-0.25, -0.2) is 4.98 Å². The van der Waals surface area contributed by atoms with Crippen molar-refractivity contribution in [3.05, 3.63) is 28.8 Å². The third kappa shape index (κ3) is 1.66. The van der Waals surface area contributed by atoms with E-state index < -0.39 is 6.10 Å². The molecule has 1 aromatic carbocycles. The first kappa shape index (κ1) is 9.31. The van der Waals surface area contributed by atoms with Crippen molar-refractivity contribution in [2.75, 3.05) is 0 Å². The molecule has 0 bridgehead atoms. The second kappa shape index (κ2) is 3.29. The maximum absolute atomic E-state index is 9.49. The summed E-state index contributed by atoms with van der Waals surface area (Å²) in [5.41, 5.74) is 2.00. The average molecular weight is 219 g/mol. The molecule has 15 heavy (non-hydrogen) atoms. The van der Waals surface area contributed by atoms with E-state index in [1.54, 1.807) is 18.3 Å². The smallest absolute Gasteiger partial charge is 0.0969 e. The van der Waals surface area contributed by atoms with E-state index in [1.807, 2.05) is 12.1 Å². The number of aromatic nitrogens is 1. The Morgan fingerprint density at radius 2 is 2.27 bits per heavy atom. The summed E-state index contributed by atoms with van der Waals surface area (Å²) in [6.45, 7) is 1.79. The summed E-state index contributed by atoms with van der Waals surface area (Å²) in [7, 11) is 0. The van der Waals surface area contributed by atoms with Crippen LogP contribution in [0.4, 0.5) is 0 Å². The molecular formula is C12H13NOS. The molecule has 78 valence electrons. The molecule has 0 aliphatic heterocycles. The number of thiazole rings is 1. The number of hydrogen-bond donors (Lipinski definition) is 1. The fourth-order valence-electron chi connectivity index (χ4n) is 1.73. The highest BCUT2D eigenvalue weighted by Crippen LogP contribution is 2.43. The molecule has 0 amide bonds.